The lowest BCUT2D eigenvalue weighted by molar-refractivity contribution is -0.133. The van der Waals surface area contributed by atoms with Crippen LogP contribution in [-0.4, -0.2) is 42.6 Å². The van der Waals surface area contributed by atoms with E-state index in [0.29, 0.717) is 24.3 Å². The molecule has 1 atom stereocenters. The van der Waals surface area contributed by atoms with Crippen LogP contribution in [0.1, 0.15) is 24.8 Å². The van der Waals surface area contributed by atoms with Crippen molar-refractivity contribution in [3.8, 4) is 0 Å². The summed E-state index contributed by atoms with van der Waals surface area (Å²) in [5.74, 6) is 0.0402. The molecule has 2 aliphatic heterocycles. The molecule has 2 aliphatic rings. The minimum atomic E-state index is -3.04. The fraction of sp³-hybridized carbons (Fsp3) is 0.429. The first-order valence-corrected chi connectivity index (χ1v) is 9.00. The molecular formula is C14H15ClN2O3S. The number of halogens is 1. The van der Waals surface area contributed by atoms with Gasteiger partial charge < -0.3 is 0 Å². The highest BCUT2D eigenvalue weighted by molar-refractivity contribution is 7.91. The van der Waals surface area contributed by atoms with Gasteiger partial charge in [-0.2, -0.15) is 5.10 Å². The number of hydrogen-bond acceptors (Lipinski definition) is 4. The molecule has 0 aromatic heterocycles. The molecule has 7 heteroatoms. The van der Waals surface area contributed by atoms with Crippen LogP contribution in [0.2, 0.25) is 5.02 Å². The lowest BCUT2D eigenvalue weighted by Gasteiger charge is -2.28. The van der Waals surface area contributed by atoms with Gasteiger partial charge in [-0.15, -0.1) is 0 Å². The van der Waals surface area contributed by atoms with E-state index >= 15 is 0 Å². The Morgan fingerprint density at radius 3 is 2.52 bits per heavy atom. The van der Waals surface area contributed by atoms with Crippen molar-refractivity contribution in [3.63, 3.8) is 0 Å². The van der Waals surface area contributed by atoms with Crippen molar-refractivity contribution >= 4 is 33.1 Å². The van der Waals surface area contributed by atoms with Crippen LogP contribution in [0, 0.1) is 0 Å². The Balaban J connectivity index is 1.88. The molecule has 21 heavy (non-hydrogen) atoms. The van der Waals surface area contributed by atoms with Crippen LogP contribution in [0.25, 0.3) is 0 Å². The van der Waals surface area contributed by atoms with Gasteiger partial charge >= 0.3 is 0 Å². The second-order valence-electron chi connectivity index (χ2n) is 5.35. The quantitative estimate of drug-likeness (QED) is 0.833. The maximum Gasteiger partial charge on any atom is 0.243 e. The van der Waals surface area contributed by atoms with Gasteiger partial charge in [-0.1, -0.05) is 23.7 Å². The van der Waals surface area contributed by atoms with Crippen molar-refractivity contribution in [2.75, 3.05) is 11.5 Å². The van der Waals surface area contributed by atoms with Crippen LogP contribution in [0.3, 0.4) is 0 Å². The number of carbonyl (C=O) groups excluding carboxylic acids is 1. The van der Waals surface area contributed by atoms with Crippen molar-refractivity contribution in [1.29, 1.82) is 0 Å². The van der Waals surface area contributed by atoms with Crippen LogP contribution in [0.15, 0.2) is 29.4 Å². The molecule has 2 heterocycles. The van der Waals surface area contributed by atoms with E-state index in [1.54, 1.807) is 12.1 Å². The van der Waals surface area contributed by atoms with Crippen molar-refractivity contribution in [1.82, 2.24) is 5.01 Å². The number of nitrogens with zero attached hydrogens (tertiary/aromatic N) is 2. The second kappa shape index (κ2) is 5.42. The summed E-state index contributed by atoms with van der Waals surface area (Å²) in [6.45, 7) is 0. The summed E-state index contributed by atoms with van der Waals surface area (Å²) in [6, 6.07) is 6.95. The SMILES string of the molecule is O=C1CCC(c2ccc(Cl)cc2)=NN1[C@@H]1CCS(=O)(=O)C1. The first kappa shape index (κ1) is 14.5. The predicted octanol–water partition coefficient (Wildman–Crippen LogP) is 1.85. The smallest absolute Gasteiger partial charge is 0.243 e. The summed E-state index contributed by atoms with van der Waals surface area (Å²) >= 11 is 5.87. The molecule has 5 nitrogen and oxygen atoms in total. The first-order valence-electron chi connectivity index (χ1n) is 6.80. The molecule has 0 spiro atoms. The van der Waals surface area contributed by atoms with Gasteiger partial charge in [-0.25, -0.2) is 13.4 Å². The lowest BCUT2D eigenvalue weighted by atomic mass is 10.0. The van der Waals surface area contributed by atoms with E-state index in [0.717, 1.165) is 11.3 Å². The fourth-order valence-corrected chi connectivity index (χ4v) is 4.49. The number of hydrogen-bond donors (Lipinski definition) is 0. The minimum absolute atomic E-state index is 0.0101. The van der Waals surface area contributed by atoms with E-state index in [1.165, 1.54) is 5.01 Å². The Bertz CT molecular complexity index is 697. The summed E-state index contributed by atoms with van der Waals surface area (Å²) < 4.78 is 23.2. The van der Waals surface area contributed by atoms with Crippen molar-refractivity contribution in [3.05, 3.63) is 34.9 Å². The highest BCUT2D eigenvalue weighted by atomic mass is 35.5. The van der Waals surface area contributed by atoms with Gasteiger partial charge in [0.15, 0.2) is 9.84 Å². The van der Waals surface area contributed by atoms with E-state index < -0.39 is 9.84 Å². The van der Waals surface area contributed by atoms with Crippen molar-refractivity contribution < 1.29 is 13.2 Å². The molecule has 0 saturated carbocycles. The van der Waals surface area contributed by atoms with Crippen LogP contribution in [0.4, 0.5) is 0 Å². The Labute approximate surface area is 128 Å². The van der Waals surface area contributed by atoms with Crippen molar-refractivity contribution in [2.45, 2.75) is 25.3 Å². The maximum absolute atomic E-state index is 12.0. The monoisotopic (exact) mass is 326 g/mol. The zero-order chi connectivity index (χ0) is 15.0. The zero-order valence-corrected chi connectivity index (χ0v) is 12.9. The number of carbonyl (C=O) groups is 1. The summed E-state index contributed by atoms with van der Waals surface area (Å²) in [6.07, 6.45) is 1.39. The highest BCUT2D eigenvalue weighted by Gasteiger charge is 2.36. The number of amides is 1. The van der Waals surface area contributed by atoms with E-state index in [1.807, 2.05) is 12.1 Å². The molecule has 1 fully saturated rings. The van der Waals surface area contributed by atoms with Crippen LogP contribution >= 0.6 is 11.6 Å². The highest BCUT2D eigenvalue weighted by Crippen LogP contribution is 2.24. The average molecular weight is 327 g/mol. The molecule has 1 aromatic carbocycles. The van der Waals surface area contributed by atoms with E-state index in [-0.39, 0.29) is 23.5 Å². The first-order chi connectivity index (χ1) is 9.94. The fourth-order valence-electron chi connectivity index (χ4n) is 2.67. The molecule has 0 bridgehead atoms. The molecule has 0 aliphatic carbocycles. The van der Waals surface area contributed by atoms with Gasteiger partial charge in [-0.05, 0) is 24.1 Å². The summed E-state index contributed by atoms with van der Waals surface area (Å²) in [7, 11) is -3.04. The molecule has 112 valence electrons. The molecule has 0 N–H and O–H groups in total. The normalized spacial score (nSPS) is 25.0. The number of sulfone groups is 1. The van der Waals surface area contributed by atoms with Gasteiger partial charge in [0.1, 0.15) is 0 Å². The maximum atomic E-state index is 12.0. The summed E-state index contributed by atoms with van der Waals surface area (Å²) in [4.78, 5) is 12.0. The third-order valence-corrected chi connectivity index (χ3v) is 5.79. The molecular weight excluding hydrogens is 312 g/mol. The Kier molecular flexibility index (Phi) is 3.75. The largest absolute Gasteiger partial charge is 0.273 e. The van der Waals surface area contributed by atoms with Gasteiger partial charge in [0, 0.05) is 17.9 Å². The Morgan fingerprint density at radius 1 is 1.19 bits per heavy atom. The zero-order valence-electron chi connectivity index (χ0n) is 11.3. The van der Waals surface area contributed by atoms with Gasteiger partial charge in [0.25, 0.3) is 0 Å². The topological polar surface area (TPSA) is 66.8 Å². The summed E-state index contributed by atoms with van der Waals surface area (Å²) in [5, 5.41) is 6.42. The molecule has 0 radical (unpaired) electrons. The third-order valence-electron chi connectivity index (χ3n) is 3.79. The molecule has 1 aromatic rings. The van der Waals surface area contributed by atoms with E-state index in [4.69, 9.17) is 11.6 Å². The van der Waals surface area contributed by atoms with Gasteiger partial charge in [0.2, 0.25) is 5.91 Å². The molecule has 1 saturated heterocycles. The minimum Gasteiger partial charge on any atom is -0.273 e. The lowest BCUT2D eigenvalue weighted by Crippen LogP contribution is -2.40. The van der Waals surface area contributed by atoms with Crippen LogP contribution in [0.5, 0.6) is 0 Å². The number of rotatable bonds is 2. The van der Waals surface area contributed by atoms with Crippen LogP contribution < -0.4 is 0 Å². The number of benzene rings is 1. The van der Waals surface area contributed by atoms with Crippen molar-refractivity contribution in [2.24, 2.45) is 5.10 Å². The summed E-state index contributed by atoms with van der Waals surface area (Å²) in [5.41, 5.74) is 1.72. The Hall–Kier alpha value is -1.40. The van der Waals surface area contributed by atoms with Gasteiger partial charge in [0.05, 0.1) is 23.3 Å². The van der Waals surface area contributed by atoms with Crippen LogP contribution in [-0.2, 0) is 14.6 Å². The standard InChI is InChI=1S/C14H15ClN2O3S/c15-11-3-1-10(2-4-11)13-5-6-14(18)17(16-13)12-7-8-21(19,20)9-12/h1-4,12H,5-9H2/t12-/m1/s1. The average Bonchev–Trinajstić information content (AvgIpc) is 2.80. The molecule has 0 unspecified atom stereocenters. The Morgan fingerprint density at radius 2 is 1.90 bits per heavy atom. The van der Waals surface area contributed by atoms with Gasteiger partial charge in [-0.3, -0.25) is 4.79 Å². The molecule has 1 amide bonds. The molecule has 3 rings (SSSR count). The number of hydrazone groups is 1. The van der Waals surface area contributed by atoms with E-state index in [2.05, 4.69) is 5.10 Å². The van der Waals surface area contributed by atoms with E-state index in [9.17, 15) is 13.2 Å². The predicted molar refractivity (Wildman–Crippen MR) is 81.1 cm³/mol. The third kappa shape index (κ3) is 3.11. The second-order valence-corrected chi connectivity index (χ2v) is 8.01.